The molecule has 2 aromatic rings. The van der Waals surface area contributed by atoms with Gasteiger partial charge in [-0.15, -0.1) is 0 Å². The molecule has 124 valence electrons. The monoisotopic (exact) mass is 327 g/mol. The Morgan fingerprint density at radius 1 is 1.17 bits per heavy atom. The van der Waals surface area contributed by atoms with Crippen molar-refractivity contribution in [2.75, 3.05) is 6.61 Å². The highest BCUT2D eigenvalue weighted by molar-refractivity contribution is 6.21. The van der Waals surface area contributed by atoms with Crippen molar-refractivity contribution in [1.29, 1.82) is 0 Å². The summed E-state index contributed by atoms with van der Waals surface area (Å²) in [5, 5.41) is 0. The predicted molar refractivity (Wildman–Crippen MR) is 84.5 cm³/mol. The van der Waals surface area contributed by atoms with Crippen molar-refractivity contribution < 1.29 is 23.5 Å². The molecule has 0 spiro atoms. The number of fused-ring (bicyclic) bond motifs is 1. The first-order chi connectivity index (χ1) is 11.6. The minimum atomic E-state index is -0.490. The average Bonchev–Trinajstić information content (AvgIpc) is 3.18. The summed E-state index contributed by atoms with van der Waals surface area (Å²) in [5.74, 6) is -0.799. The number of carbonyl (C=O) groups excluding carboxylic acids is 3. The number of amides is 2. The molecule has 0 unspecified atom stereocenters. The van der Waals surface area contributed by atoms with E-state index in [0.717, 1.165) is 17.7 Å². The Balaban J connectivity index is 1.79. The van der Waals surface area contributed by atoms with E-state index in [-0.39, 0.29) is 23.2 Å². The van der Waals surface area contributed by atoms with Crippen LogP contribution in [0.25, 0.3) is 0 Å². The molecule has 1 aromatic heterocycles. The van der Waals surface area contributed by atoms with Gasteiger partial charge in [0.25, 0.3) is 11.8 Å². The number of hydrogen-bond acceptors (Lipinski definition) is 5. The number of carbonyl (C=O) groups is 3. The lowest BCUT2D eigenvalue weighted by molar-refractivity contribution is 0.0499. The van der Waals surface area contributed by atoms with Crippen LogP contribution in [0.2, 0.25) is 0 Å². The van der Waals surface area contributed by atoms with E-state index in [1.165, 1.54) is 24.5 Å². The Hall–Kier alpha value is -2.89. The van der Waals surface area contributed by atoms with Gasteiger partial charge in [-0.05, 0) is 36.8 Å². The summed E-state index contributed by atoms with van der Waals surface area (Å²) >= 11 is 0. The molecule has 0 saturated heterocycles. The van der Waals surface area contributed by atoms with Gasteiger partial charge in [0, 0.05) is 0 Å². The maximum Gasteiger partial charge on any atom is 0.338 e. The van der Waals surface area contributed by atoms with Crippen molar-refractivity contribution in [2.24, 2.45) is 0 Å². The van der Waals surface area contributed by atoms with Crippen molar-refractivity contribution in [3.63, 3.8) is 0 Å². The normalized spacial score (nSPS) is 13.3. The molecule has 6 nitrogen and oxygen atoms in total. The van der Waals surface area contributed by atoms with Crippen LogP contribution in [0.4, 0.5) is 0 Å². The van der Waals surface area contributed by atoms with Crippen molar-refractivity contribution in [3.8, 4) is 0 Å². The fourth-order valence-corrected chi connectivity index (χ4v) is 2.51. The lowest BCUT2D eigenvalue weighted by Crippen LogP contribution is -2.28. The van der Waals surface area contributed by atoms with Crippen molar-refractivity contribution in [2.45, 2.75) is 26.3 Å². The Morgan fingerprint density at radius 3 is 2.67 bits per heavy atom. The summed E-state index contributed by atoms with van der Waals surface area (Å²) in [7, 11) is 0. The van der Waals surface area contributed by atoms with Crippen molar-refractivity contribution in [3.05, 3.63) is 59.0 Å². The molecule has 0 N–H and O–H groups in total. The number of benzene rings is 1. The summed E-state index contributed by atoms with van der Waals surface area (Å²) in [6, 6.07) is 7.81. The molecule has 0 aliphatic carbocycles. The van der Waals surface area contributed by atoms with E-state index < -0.39 is 17.8 Å². The highest BCUT2D eigenvalue weighted by atomic mass is 16.5. The number of nitrogens with zero attached hydrogens (tertiary/aromatic N) is 1. The molecule has 1 aliphatic heterocycles. The smallest absolute Gasteiger partial charge is 0.338 e. The van der Waals surface area contributed by atoms with E-state index >= 15 is 0 Å². The van der Waals surface area contributed by atoms with Crippen LogP contribution in [0.1, 0.15) is 56.6 Å². The molecule has 3 rings (SSSR count). The fourth-order valence-electron chi connectivity index (χ4n) is 2.51. The van der Waals surface area contributed by atoms with Gasteiger partial charge < -0.3 is 9.15 Å². The van der Waals surface area contributed by atoms with Crippen LogP contribution >= 0.6 is 0 Å². The van der Waals surface area contributed by atoms with E-state index in [0.29, 0.717) is 12.4 Å². The van der Waals surface area contributed by atoms with Crippen molar-refractivity contribution >= 4 is 17.8 Å². The van der Waals surface area contributed by atoms with Gasteiger partial charge in [0.1, 0.15) is 5.76 Å². The third-order valence-electron chi connectivity index (χ3n) is 3.83. The Labute approximate surface area is 139 Å². The van der Waals surface area contributed by atoms with Gasteiger partial charge in [0.15, 0.2) is 0 Å². The second kappa shape index (κ2) is 6.70. The number of rotatable bonds is 6. The number of imide groups is 1. The molecule has 0 saturated carbocycles. The lowest BCUT2D eigenvalue weighted by Gasteiger charge is -2.11. The molecule has 0 radical (unpaired) electrons. The van der Waals surface area contributed by atoms with E-state index in [2.05, 4.69) is 0 Å². The Bertz CT molecular complexity index is 779. The maximum absolute atomic E-state index is 12.5. The van der Waals surface area contributed by atoms with Crippen LogP contribution in [0.15, 0.2) is 41.0 Å². The standard InChI is InChI=1S/C18H17NO5/c1-2-3-8-24-18(22)12-6-7-14-15(10-12)17(21)19(16(14)20)11-13-5-4-9-23-13/h4-7,9-10H,2-3,8,11H2,1H3. The summed E-state index contributed by atoms with van der Waals surface area (Å²) < 4.78 is 10.3. The molecule has 1 aliphatic rings. The second-order valence-corrected chi connectivity index (χ2v) is 5.53. The molecular formula is C18H17NO5. The molecule has 0 bridgehead atoms. The highest BCUT2D eigenvalue weighted by Crippen LogP contribution is 2.26. The molecule has 0 atom stereocenters. The van der Waals surface area contributed by atoms with E-state index in [9.17, 15) is 14.4 Å². The van der Waals surface area contributed by atoms with Crippen LogP contribution in [0.3, 0.4) is 0 Å². The molecule has 2 amide bonds. The Morgan fingerprint density at radius 2 is 1.96 bits per heavy atom. The molecule has 1 aromatic carbocycles. The van der Waals surface area contributed by atoms with Crippen LogP contribution in [-0.4, -0.2) is 29.3 Å². The van der Waals surface area contributed by atoms with Gasteiger partial charge in [-0.2, -0.15) is 0 Å². The lowest BCUT2D eigenvalue weighted by atomic mass is 10.1. The van der Waals surface area contributed by atoms with E-state index in [1.807, 2.05) is 6.92 Å². The maximum atomic E-state index is 12.5. The van der Waals surface area contributed by atoms with Crippen LogP contribution < -0.4 is 0 Å². The van der Waals surface area contributed by atoms with Gasteiger partial charge in [0.2, 0.25) is 0 Å². The molecular weight excluding hydrogens is 310 g/mol. The fraction of sp³-hybridized carbons (Fsp3) is 0.278. The number of ether oxygens (including phenoxy) is 1. The summed E-state index contributed by atoms with van der Waals surface area (Å²) in [4.78, 5) is 38.0. The summed E-state index contributed by atoms with van der Waals surface area (Å²) in [6.07, 6.45) is 3.19. The average molecular weight is 327 g/mol. The van der Waals surface area contributed by atoms with E-state index in [1.54, 1.807) is 12.1 Å². The second-order valence-electron chi connectivity index (χ2n) is 5.53. The molecule has 2 heterocycles. The zero-order valence-electron chi connectivity index (χ0n) is 13.3. The number of hydrogen-bond donors (Lipinski definition) is 0. The quantitative estimate of drug-likeness (QED) is 0.463. The number of unbranched alkanes of at least 4 members (excludes halogenated alkanes) is 1. The zero-order valence-corrected chi connectivity index (χ0v) is 13.3. The van der Waals surface area contributed by atoms with Crippen LogP contribution in [0, 0.1) is 0 Å². The minimum Gasteiger partial charge on any atom is -0.467 e. The first kappa shape index (κ1) is 16.0. The minimum absolute atomic E-state index is 0.0651. The number of esters is 1. The van der Waals surface area contributed by atoms with Gasteiger partial charge in [-0.3, -0.25) is 14.5 Å². The van der Waals surface area contributed by atoms with E-state index in [4.69, 9.17) is 9.15 Å². The third-order valence-corrected chi connectivity index (χ3v) is 3.83. The SMILES string of the molecule is CCCCOC(=O)c1ccc2c(c1)C(=O)N(Cc1ccco1)C2=O. The molecule has 0 fully saturated rings. The molecule has 24 heavy (non-hydrogen) atoms. The van der Waals surface area contributed by atoms with Crippen LogP contribution in [0.5, 0.6) is 0 Å². The van der Waals surface area contributed by atoms with Crippen molar-refractivity contribution in [1.82, 2.24) is 4.90 Å². The Kier molecular flexibility index (Phi) is 4.46. The number of furan rings is 1. The summed E-state index contributed by atoms with van der Waals surface area (Å²) in [6.45, 7) is 2.40. The zero-order chi connectivity index (χ0) is 17.1. The van der Waals surface area contributed by atoms with Crippen LogP contribution in [-0.2, 0) is 11.3 Å². The molecule has 6 heteroatoms. The summed E-state index contributed by atoms with van der Waals surface area (Å²) in [5.41, 5.74) is 0.777. The first-order valence-corrected chi connectivity index (χ1v) is 7.81. The van der Waals surface area contributed by atoms with Gasteiger partial charge in [-0.1, -0.05) is 13.3 Å². The predicted octanol–water partition coefficient (Wildman–Crippen LogP) is 3.03. The third kappa shape index (κ3) is 2.95. The largest absolute Gasteiger partial charge is 0.467 e. The van der Waals surface area contributed by atoms with Gasteiger partial charge in [0.05, 0.1) is 36.1 Å². The first-order valence-electron chi connectivity index (χ1n) is 7.81. The van der Waals surface area contributed by atoms with Gasteiger partial charge in [-0.25, -0.2) is 4.79 Å². The topological polar surface area (TPSA) is 76.8 Å². The van der Waals surface area contributed by atoms with Gasteiger partial charge >= 0.3 is 5.97 Å². The highest BCUT2D eigenvalue weighted by Gasteiger charge is 2.36.